The summed E-state index contributed by atoms with van der Waals surface area (Å²) in [4.78, 5) is 10.1. The summed E-state index contributed by atoms with van der Waals surface area (Å²) in [5.41, 5.74) is 0.162. The Balaban J connectivity index is 0.00000192. The number of thiazole rings is 1. The fourth-order valence-corrected chi connectivity index (χ4v) is 4.51. The summed E-state index contributed by atoms with van der Waals surface area (Å²) in [6, 6.07) is 0.425. The number of fused-ring (bicyclic) bond motifs is 1. The van der Waals surface area contributed by atoms with Crippen molar-refractivity contribution in [2.45, 2.75) is 52.3 Å². The van der Waals surface area contributed by atoms with Crippen LogP contribution in [-0.4, -0.2) is 36.7 Å². The second-order valence-corrected chi connectivity index (χ2v) is 7.89. The van der Waals surface area contributed by atoms with Crippen molar-refractivity contribution in [3.63, 3.8) is 0 Å². The number of ether oxygens (including phenoxy) is 1. The number of hydrogen-bond acceptors (Lipinski definition) is 4. The summed E-state index contributed by atoms with van der Waals surface area (Å²) in [6.07, 6.45) is 4.56. The zero-order chi connectivity index (χ0) is 15.7. The Morgan fingerprint density at radius 1 is 1.52 bits per heavy atom. The first-order chi connectivity index (χ1) is 10.6. The van der Waals surface area contributed by atoms with Crippen LogP contribution in [0.5, 0.6) is 0 Å². The van der Waals surface area contributed by atoms with Crippen LogP contribution >= 0.6 is 35.3 Å². The molecule has 3 unspecified atom stereocenters. The summed E-state index contributed by atoms with van der Waals surface area (Å²) in [5.74, 6) is 1.47. The molecule has 23 heavy (non-hydrogen) atoms. The molecule has 1 aromatic heterocycles. The minimum absolute atomic E-state index is 0. The first-order valence-electron chi connectivity index (χ1n) is 8.08. The maximum Gasteiger partial charge on any atom is 0.191 e. The van der Waals surface area contributed by atoms with Crippen molar-refractivity contribution in [3.05, 3.63) is 16.1 Å². The van der Waals surface area contributed by atoms with E-state index in [9.17, 15) is 0 Å². The van der Waals surface area contributed by atoms with E-state index in [1.54, 1.807) is 11.3 Å². The van der Waals surface area contributed by atoms with Crippen LogP contribution in [0.4, 0.5) is 0 Å². The molecule has 0 radical (unpaired) electrons. The molecular weight excluding hydrogens is 423 g/mol. The Labute approximate surface area is 159 Å². The van der Waals surface area contributed by atoms with E-state index in [1.807, 2.05) is 13.2 Å². The van der Waals surface area contributed by atoms with Gasteiger partial charge in [-0.15, -0.1) is 35.3 Å². The highest BCUT2D eigenvalue weighted by atomic mass is 127. The second-order valence-electron chi connectivity index (χ2n) is 6.69. The van der Waals surface area contributed by atoms with Gasteiger partial charge in [0.25, 0.3) is 0 Å². The molecule has 0 amide bonds. The van der Waals surface area contributed by atoms with E-state index in [2.05, 4.69) is 41.4 Å². The zero-order valence-corrected chi connectivity index (χ0v) is 17.4. The molecule has 1 aromatic rings. The Kier molecular flexibility index (Phi) is 6.29. The molecule has 2 aliphatic rings. The molecular formula is C16H27IN4OS. The van der Waals surface area contributed by atoms with Gasteiger partial charge in [-0.3, -0.25) is 4.99 Å². The SMILES string of the molecule is CCc1cnc(CNC(=NC)NC2C3CCOC3C2(C)C)s1.I. The Hall–Kier alpha value is -0.410. The van der Waals surface area contributed by atoms with Gasteiger partial charge in [-0.25, -0.2) is 4.98 Å². The van der Waals surface area contributed by atoms with Gasteiger partial charge in [-0.2, -0.15) is 0 Å². The third-order valence-corrected chi connectivity index (χ3v) is 6.11. The molecule has 3 atom stereocenters. The molecule has 1 aliphatic carbocycles. The highest BCUT2D eigenvalue weighted by Crippen LogP contribution is 2.52. The molecule has 1 saturated heterocycles. The van der Waals surface area contributed by atoms with Crippen molar-refractivity contribution in [3.8, 4) is 0 Å². The van der Waals surface area contributed by atoms with Crippen LogP contribution in [0.25, 0.3) is 0 Å². The molecule has 5 nitrogen and oxygen atoms in total. The van der Waals surface area contributed by atoms with E-state index >= 15 is 0 Å². The topological polar surface area (TPSA) is 58.5 Å². The molecule has 1 aliphatic heterocycles. The van der Waals surface area contributed by atoms with Gasteiger partial charge in [0.15, 0.2) is 5.96 Å². The largest absolute Gasteiger partial charge is 0.377 e. The zero-order valence-electron chi connectivity index (χ0n) is 14.3. The second kappa shape index (κ2) is 7.65. The Morgan fingerprint density at radius 3 is 2.96 bits per heavy atom. The van der Waals surface area contributed by atoms with Crippen molar-refractivity contribution in [1.29, 1.82) is 0 Å². The van der Waals surface area contributed by atoms with E-state index in [-0.39, 0.29) is 29.4 Å². The average Bonchev–Trinajstić information content (AvgIpc) is 3.15. The van der Waals surface area contributed by atoms with Crippen LogP contribution in [0.15, 0.2) is 11.2 Å². The van der Waals surface area contributed by atoms with E-state index in [0.717, 1.165) is 37.0 Å². The first kappa shape index (κ1) is 18.9. The summed E-state index contributed by atoms with van der Waals surface area (Å²) in [5, 5.41) is 8.08. The molecule has 2 N–H and O–H groups in total. The van der Waals surface area contributed by atoms with Crippen molar-refractivity contribution in [2.75, 3.05) is 13.7 Å². The van der Waals surface area contributed by atoms with Gasteiger partial charge in [0.2, 0.25) is 0 Å². The number of nitrogens with one attached hydrogen (secondary N) is 2. The van der Waals surface area contributed by atoms with Crippen LogP contribution in [0.1, 0.15) is 37.1 Å². The van der Waals surface area contributed by atoms with E-state index in [0.29, 0.717) is 18.1 Å². The van der Waals surface area contributed by atoms with Gasteiger partial charge >= 0.3 is 0 Å². The van der Waals surface area contributed by atoms with Gasteiger partial charge in [0.1, 0.15) is 5.01 Å². The third kappa shape index (κ3) is 3.66. The van der Waals surface area contributed by atoms with E-state index in [1.165, 1.54) is 4.88 Å². The van der Waals surface area contributed by atoms with Gasteiger partial charge < -0.3 is 15.4 Å². The molecule has 2 heterocycles. The van der Waals surface area contributed by atoms with Crippen molar-refractivity contribution in [1.82, 2.24) is 15.6 Å². The standard InChI is InChI=1S/C16H26N4OS.HI/c1-5-10-8-18-12(22-10)9-19-15(17-4)20-13-11-6-7-21-14(11)16(13,2)3;/h8,11,13-14H,5-7,9H2,1-4H3,(H2,17,19,20);1H. The number of aromatic nitrogens is 1. The molecule has 130 valence electrons. The van der Waals surface area contributed by atoms with E-state index in [4.69, 9.17) is 4.74 Å². The van der Waals surface area contributed by atoms with E-state index < -0.39 is 0 Å². The summed E-state index contributed by atoms with van der Waals surface area (Å²) < 4.78 is 5.85. The van der Waals surface area contributed by atoms with Crippen LogP contribution in [0.2, 0.25) is 0 Å². The van der Waals surface area contributed by atoms with Crippen LogP contribution in [0.3, 0.4) is 0 Å². The van der Waals surface area contributed by atoms with Gasteiger partial charge in [0.05, 0.1) is 12.6 Å². The Morgan fingerprint density at radius 2 is 2.30 bits per heavy atom. The summed E-state index contributed by atoms with van der Waals surface area (Å²) in [7, 11) is 1.82. The maximum absolute atomic E-state index is 5.85. The highest BCUT2D eigenvalue weighted by Gasteiger charge is 2.59. The number of aliphatic imine (C=N–C) groups is 1. The quantitative estimate of drug-likeness (QED) is 0.421. The van der Waals surface area contributed by atoms with Crippen molar-refractivity contribution in [2.24, 2.45) is 16.3 Å². The van der Waals surface area contributed by atoms with Crippen LogP contribution in [-0.2, 0) is 17.7 Å². The lowest BCUT2D eigenvalue weighted by atomic mass is 9.57. The number of guanidine groups is 1. The van der Waals surface area contributed by atoms with Crippen LogP contribution < -0.4 is 10.6 Å². The molecule has 0 bridgehead atoms. The molecule has 7 heteroatoms. The molecule has 1 saturated carbocycles. The van der Waals surface area contributed by atoms with Crippen molar-refractivity contribution >= 4 is 41.3 Å². The smallest absolute Gasteiger partial charge is 0.191 e. The lowest BCUT2D eigenvalue weighted by molar-refractivity contribution is -0.106. The Bertz CT molecular complexity index is 560. The summed E-state index contributed by atoms with van der Waals surface area (Å²) >= 11 is 1.76. The average molecular weight is 450 g/mol. The fourth-order valence-electron chi connectivity index (χ4n) is 3.71. The van der Waals surface area contributed by atoms with Crippen LogP contribution in [0, 0.1) is 11.3 Å². The fraction of sp³-hybridized carbons (Fsp3) is 0.750. The molecule has 0 spiro atoms. The third-order valence-electron chi connectivity index (χ3n) is 4.97. The highest BCUT2D eigenvalue weighted by molar-refractivity contribution is 14.0. The van der Waals surface area contributed by atoms with Gasteiger partial charge in [-0.05, 0) is 12.8 Å². The number of nitrogens with zero attached hydrogens (tertiary/aromatic N) is 2. The lowest BCUT2D eigenvalue weighted by Gasteiger charge is -2.54. The monoisotopic (exact) mass is 450 g/mol. The predicted octanol–water partition coefficient (Wildman–Crippen LogP) is 2.80. The lowest BCUT2D eigenvalue weighted by Crippen LogP contribution is -2.67. The maximum atomic E-state index is 5.85. The molecule has 2 fully saturated rings. The molecule has 3 rings (SSSR count). The number of rotatable bonds is 4. The predicted molar refractivity (Wildman–Crippen MR) is 106 cm³/mol. The number of halogens is 1. The summed E-state index contributed by atoms with van der Waals surface area (Å²) in [6.45, 7) is 8.32. The first-order valence-corrected chi connectivity index (χ1v) is 8.90. The minimum atomic E-state index is 0. The minimum Gasteiger partial charge on any atom is -0.377 e. The van der Waals surface area contributed by atoms with Gasteiger partial charge in [0, 0.05) is 42.1 Å². The normalized spacial score (nSPS) is 28.5. The van der Waals surface area contributed by atoms with Gasteiger partial charge in [-0.1, -0.05) is 20.8 Å². The number of aryl methyl sites for hydroxylation is 1. The van der Waals surface area contributed by atoms with Crippen molar-refractivity contribution < 1.29 is 4.74 Å². The molecule has 0 aromatic carbocycles. The number of hydrogen-bond donors (Lipinski definition) is 2.